The molecule has 2 rings (SSSR count). The maximum atomic E-state index is 12.4. The van der Waals surface area contributed by atoms with E-state index in [2.05, 4.69) is 15.9 Å². The first-order valence-corrected chi connectivity index (χ1v) is 9.83. The number of halogens is 1. The lowest BCUT2D eigenvalue weighted by atomic mass is 10.2. The Morgan fingerprint density at radius 2 is 2.08 bits per heavy atom. The summed E-state index contributed by atoms with van der Waals surface area (Å²) in [6, 6.07) is 5.43. The van der Waals surface area contributed by atoms with Crippen LogP contribution in [0.25, 0.3) is 6.08 Å². The highest BCUT2D eigenvalue weighted by Crippen LogP contribution is 2.34. The standard InChI is InChI=1S/C18H20BrNO5S/c1-4-11(3)25-14-7-6-12(8-13(14)19)9-15-17(22)20(18(23)26-15)10-16(21)24-5-2/h6-9,11H,4-5,10H2,1-3H3/b15-9+/t11-/m0/s1. The zero-order valence-electron chi connectivity index (χ0n) is 14.8. The third kappa shape index (κ3) is 5.11. The molecule has 1 aliphatic rings. The minimum Gasteiger partial charge on any atom is -0.490 e. The highest BCUT2D eigenvalue weighted by molar-refractivity contribution is 9.10. The van der Waals surface area contributed by atoms with Crippen molar-refractivity contribution in [2.75, 3.05) is 13.2 Å². The van der Waals surface area contributed by atoms with Crippen molar-refractivity contribution in [1.29, 1.82) is 0 Å². The lowest BCUT2D eigenvalue weighted by Crippen LogP contribution is -2.34. The molecule has 0 saturated carbocycles. The first-order valence-electron chi connectivity index (χ1n) is 8.22. The number of hydrogen-bond donors (Lipinski definition) is 0. The van der Waals surface area contributed by atoms with E-state index in [0.29, 0.717) is 5.75 Å². The Morgan fingerprint density at radius 1 is 1.35 bits per heavy atom. The van der Waals surface area contributed by atoms with Crippen molar-refractivity contribution in [1.82, 2.24) is 4.90 Å². The molecule has 1 aromatic carbocycles. The maximum Gasteiger partial charge on any atom is 0.326 e. The van der Waals surface area contributed by atoms with Gasteiger partial charge in [0.2, 0.25) is 0 Å². The fourth-order valence-corrected chi connectivity index (χ4v) is 3.45. The van der Waals surface area contributed by atoms with Gasteiger partial charge < -0.3 is 9.47 Å². The normalized spacial score (nSPS) is 16.9. The zero-order valence-corrected chi connectivity index (χ0v) is 17.2. The molecule has 0 radical (unpaired) electrons. The van der Waals surface area contributed by atoms with Gasteiger partial charge in [0.1, 0.15) is 12.3 Å². The summed E-state index contributed by atoms with van der Waals surface area (Å²) in [6.07, 6.45) is 2.60. The Morgan fingerprint density at radius 3 is 2.69 bits per heavy atom. The van der Waals surface area contributed by atoms with Gasteiger partial charge in [-0.2, -0.15) is 0 Å². The summed E-state index contributed by atoms with van der Waals surface area (Å²) < 4.78 is 11.3. The summed E-state index contributed by atoms with van der Waals surface area (Å²) >= 11 is 4.26. The van der Waals surface area contributed by atoms with E-state index in [9.17, 15) is 14.4 Å². The minimum absolute atomic E-state index is 0.0940. The molecule has 8 heteroatoms. The van der Waals surface area contributed by atoms with Gasteiger partial charge in [0.05, 0.1) is 22.1 Å². The smallest absolute Gasteiger partial charge is 0.326 e. The summed E-state index contributed by atoms with van der Waals surface area (Å²) in [4.78, 5) is 37.0. The lowest BCUT2D eigenvalue weighted by molar-refractivity contribution is -0.145. The van der Waals surface area contributed by atoms with Crippen LogP contribution in [0.1, 0.15) is 32.8 Å². The van der Waals surface area contributed by atoms with Gasteiger partial charge in [-0.3, -0.25) is 19.3 Å². The topological polar surface area (TPSA) is 72.9 Å². The quantitative estimate of drug-likeness (QED) is 0.465. The van der Waals surface area contributed by atoms with E-state index in [1.807, 2.05) is 32.0 Å². The molecule has 0 bridgehead atoms. The Balaban J connectivity index is 2.14. The van der Waals surface area contributed by atoms with Crippen LogP contribution in [0.15, 0.2) is 27.6 Å². The van der Waals surface area contributed by atoms with E-state index in [1.54, 1.807) is 13.0 Å². The van der Waals surface area contributed by atoms with Crippen LogP contribution in [0, 0.1) is 0 Å². The second kappa shape index (κ2) is 9.23. The summed E-state index contributed by atoms with van der Waals surface area (Å²) in [5.41, 5.74) is 0.745. The maximum absolute atomic E-state index is 12.4. The number of carbonyl (C=O) groups excluding carboxylic acids is 3. The minimum atomic E-state index is -0.606. The number of hydrogen-bond acceptors (Lipinski definition) is 6. The number of benzene rings is 1. The van der Waals surface area contributed by atoms with Crippen molar-refractivity contribution < 1.29 is 23.9 Å². The molecule has 2 amide bonds. The molecule has 0 aromatic heterocycles. The molecule has 1 atom stereocenters. The van der Waals surface area contributed by atoms with Crippen LogP contribution in [0.4, 0.5) is 4.79 Å². The van der Waals surface area contributed by atoms with Crippen molar-refractivity contribution in [3.8, 4) is 5.75 Å². The first-order chi connectivity index (χ1) is 12.3. The Labute approximate surface area is 165 Å². The number of ether oxygens (including phenoxy) is 2. The molecule has 140 valence electrons. The molecule has 26 heavy (non-hydrogen) atoms. The van der Waals surface area contributed by atoms with Gasteiger partial charge in [-0.25, -0.2) is 0 Å². The molecule has 1 saturated heterocycles. The largest absolute Gasteiger partial charge is 0.490 e. The number of imide groups is 1. The second-order valence-corrected chi connectivity index (χ2v) is 7.45. The molecule has 1 aromatic rings. The Bertz CT molecular complexity index is 749. The number of rotatable bonds is 7. The van der Waals surface area contributed by atoms with Crippen molar-refractivity contribution in [3.05, 3.63) is 33.1 Å². The van der Waals surface area contributed by atoms with Crippen LogP contribution < -0.4 is 4.74 Å². The van der Waals surface area contributed by atoms with Crippen LogP contribution in [-0.2, 0) is 14.3 Å². The summed E-state index contributed by atoms with van der Waals surface area (Å²) in [5, 5.41) is -0.481. The number of esters is 1. The van der Waals surface area contributed by atoms with E-state index in [1.165, 1.54) is 0 Å². The number of nitrogens with zero attached hydrogens (tertiary/aromatic N) is 1. The molecule has 6 nitrogen and oxygen atoms in total. The highest BCUT2D eigenvalue weighted by Gasteiger charge is 2.36. The van der Waals surface area contributed by atoms with E-state index in [4.69, 9.17) is 9.47 Å². The number of carbonyl (C=O) groups is 3. The predicted octanol–water partition coefficient (Wildman–Crippen LogP) is 4.23. The van der Waals surface area contributed by atoms with Crippen LogP contribution in [-0.4, -0.2) is 41.3 Å². The summed E-state index contributed by atoms with van der Waals surface area (Å²) in [5.74, 6) is -0.388. The van der Waals surface area contributed by atoms with Gasteiger partial charge in [-0.1, -0.05) is 13.0 Å². The average Bonchev–Trinajstić information content (AvgIpc) is 2.85. The van der Waals surface area contributed by atoms with Gasteiger partial charge in [-0.05, 0) is 71.7 Å². The SMILES string of the molecule is CCOC(=O)CN1C(=O)S/C(=C/c2ccc(O[C@@H](C)CC)c(Br)c2)C1=O. The number of thioether (sulfide) groups is 1. The number of amides is 2. The lowest BCUT2D eigenvalue weighted by Gasteiger charge is -2.14. The fraction of sp³-hybridized carbons (Fsp3) is 0.389. The van der Waals surface area contributed by atoms with Crippen LogP contribution in [0.5, 0.6) is 5.75 Å². The molecule has 1 aliphatic heterocycles. The third-order valence-corrected chi connectivity index (χ3v) is 5.15. The molecule has 0 aliphatic carbocycles. The third-order valence-electron chi connectivity index (χ3n) is 3.62. The van der Waals surface area contributed by atoms with Crippen LogP contribution in [0.2, 0.25) is 0 Å². The van der Waals surface area contributed by atoms with Gasteiger partial charge in [0.15, 0.2) is 0 Å². The van der Waals surface area contributed by atoms with Crippen LogP contribution in [0.3, 0.4) is 0 Å². The zero-order chi connectivity index (χ0) is 19.3. The summed E-state index contributed by atoms with van der Waals surface area (Å²) in [6.45, 7) is 5.52. The van der Waals surface area contributed by atoms with E-state index in [-0.39, 0.29) is 24.2 Å². The van der Waals surface area contributed by atoms with E-state index in [0.717, 1.165) is 33.1 Å². The van der Waals surface area contributed by atoms with Gasteiger partial charge >= 0.3 is 5.97 Å². The second-order valence-electron chi connectivity index (χ2n) is 5.60. The Kier molecular flexibility index (Phi) is 7.28. The molecule has 0 N–H and O–H groups in total. The van der Waals surface area contributed by atoms with E-state index < -0.39 is 17.1 Å². The fourth-order valence-electron chi connectivity index (χ4n) is 2.13. The van der Waals surface area contributed by atoms with Crippen LogP contribution >= 0.6 is 27.7 Å². The van der Waals surface area contributed by atoms with Crippen molar-refractivity contribution in [2.24, 2.45) is 0 Å². The van der Waals surface area contributed by atoms with Gasteiger partial charge in [0.25, 0.3) is 11.1 Å². The van der Waals surface area contributed by atoms with Crippen molar-refractivity contribution in [3.63, 3.8) is 0 Å². The molecular formula is C18H20BrNO5S. The monoisotopic (exact) mass is 441 g/mol. The average molecular weight is 442 g/mol. The Hall–Kier alpha value is -1.80. The molecule has 0 spiro atoms. The molecule has 1 fully saturated rings. The van der Waals surface area contributed by atoms with Gasteiger partial charge in [-0.15, -0.1) is 0 Å². The van der Waals surface area contributed by atoms with Crippen molar-refractivity contribution >= 4 is 50.9 Å². The summed E-state index contributed by atoms with van der Waals surface area (Å²) in [7, 11) is 0. The molecule has 0 unspecified atom stereocenters. The van der Waals surface area contributed by atoms with E-state index >= 15 is 0 Å². The first kappa shape index (κ1) is 20.5. The van der Waals surface area contributed by atoms with Gasteiger partial charge in [0, 0.05) is 0 Å². The molecular weight excluding hydrogens is 422 g/mol. The highest BCUT2D eigenvalue weighted by atomic mass is 79.9. The molecule has 1 heterocycles. The van der Waals surface area contributed by atoms with Crippen molar-refractivity contribution in [2.45, 2.75) is 33.3 Å². The predicted molar refractivity (Wildman–Crippen MR) is 104 cm³/mol.